The maximum absolute atomic E-state index is 12.7. The van der Waals surface area contributed by atoms with E-state index in [1.165, 1.54) is 18.2 Å². The first kappa shape index (κ1) is 22.0. The molecule has 1 aliphatic heterocycles. The molecule has 7 nitrogen and oxygen atoms in total. The van der Waals surface area contributed by atoms with Crippen molar-refractivity contribution in [1.29, 1.82) is 0 Å². The third-order valence-corrected chi connectivity index (χ3v) is 7.18. The van der Waals surface area contributed by atoms with Gasteiger partial charge in [0, 0.05) is 26.7 Å². The molecule has 1 aliphatic rings. The quantitative estimate of drug-likeness (QED) is 0.470. The van der Waals surface area contributed by atoms with Crippen LogP contribution >= 0.6 is 23.1 Å². The van der Waals surface area contributed by atoms with Crippen LogP contribution in [0.4, 0.5) is 5.95 Å². The monoisotopic (exact) mass is 459 g/mol. The molecule has 3 aromatic heterocycles. The number of anilines is 1. The second kappa shape index (κ2) is 9.91. The van der Waals surface area contributed by atoms with Crippen molar-refractivity contribution in [3.8, 4) is 0 Å². The lowest BCUT2D eigenvalue weighted by Crippen LogP contribution is -2.40. The van der Waals surface area contributed by atoms with E-state index in [0.717, 1.165) is 35.5 Å². The lowest BCUT2D eigenvalue weighted by Gasteiger charge is -2.35. The van der Waals surface area contributed by atoms with E-state index in [9.17, 15) is 4.79 Å². The molecule has 4 rings (SSSR count). The van der Waals surface area contributed by atoms with E-state index >= 15 is 0 Å². The van der Waals surface area contributed by atoms with Gasteiger partial charge in [0.05, 0.1) is 18.6 Å². The number of furan rings is 1. The third-order valence-electron chi connectivity index (χ3n) is 5.49. The zero-order valence-corrected chi connectivity index (χ0v) is 19.9. The van der Waals surface area contributed by atoms with Gasteiger partial charge in [0.15, 0.2) is 5.16 Å². The predicted octanol–water partition coefficient (Wildman–Crippen LogP) is 4.21. The Balaban J connectivity index is 1.48. The molecule has 3 aromatic rings. The summed E-state index contributed by atoms with van der Waals surface area (Å²) >= 11 is 3.08. The minimum atomic E-state index is 0.0746. The van der Waals surface area contributed by atoms with E-state index in [4.69, 9.17) is 4.42 Å². The van der Waals surface area contributed by atoms with Crippen LogP contribution in [-0.2, 0) is 17.9 Å². The van der Waals surface area contributed by atoms with Crippen molar-refractivity contribution in [2.24, 2.45) is 11.8 Å². The fraction of sp³-hybridized carbons (Fsp3) is 0.500. The van der Waals surface area contributed by atoms with E-state index in [1.54, 1.807) is 22.5 Å². The standard InChI is InChI=1S/C22H29N5O2S2/c1-16-9-17(2)11-26(10-16)21-23-24-22(27(21)13-19-5-4-7-29-19)31-15-20(28)25(3)12-18-6-8-30-14-18/h4-8,14,16-17H,9-13,15H2,1-3H3. The summed E-state index contributed by atoms with van der Waals surface area (Å²) in [4.78, 5) is 16.8. The van der Waals surface area contributed by atoms with Crippen LogP contribution in [0.25, 0.3) is 0 Å². The average molecular weight is 460 g/mol. The summed E-state index contributed by atoms with van der Waals surface area (Å²) in [5.41, 5.74) is 1.16. The molecule has 0 saturated carbocycles. The highest BCUT2D eigenvalue weighted by Crippen LogP contribution is 2.29. The first-order chi connectivity index (χ1) is 15.0. The summed E-state index contributed by atoms with van der Waals surface area (Å²) in [6, 6.07) is 5.90. The maximum Gasteiger partial charge on any atom is 0.233 e. The Bertz CT molecular complexity index is 960. The van der Waals surface area contributed by atoms with Crippen molar-refractivity contribution in [3.05, 3.63) is 46.5 Å². The lowest BCUT2D eigenvalue weighted by atomic mass is 9.92. The molecule has 0 spiro atoms. The van der Waals surface area contributed by atoms with Gasteiger partial charge in [-0.25, -0.2) is 0 Å². The van der Waals surface area contributed by atoms with Crippen LogP contribution < -0.4 is 4.90 Å². The van der Waals surface area contributed by atoms with E-state index in [-0.39, 0.29) is 5.91 Å². The topological polar surface area (TPSA) is 67.4 Å². The van der Waals surface area contributed by atoms with Gasteiger partial charge in [-0.05, 0) is 52.8 Å². The summed E-state index contributed by atoms with van der Waals surface area (Å²) in [5, 5.41) is 13.8. The van der Waals surface area contributed by atoms with Gasteiger partial charge in [0.1, 0.15) is 5.76 Å². The number of aromatic nitrogens is 3. The Labute approximate surface area is 191 Å². The van der Waals surface area contributed by atoms with Crippen molar-refractivity contribution in [1.82, 2.24) is 19.7 Å². The van der Waals surface area contributed by atoms with E-state index in [2.05, 4.69) is 45.0 Å². The zero-order valence-electron chi connectivity index (χ0n) is 18.2. The average Bonchev–Trinajstić information content (AvgIpc) is 3.48. The highest BCUT2D eigenvalue weighted by Gasteiger charge is 2.27. The molecule has 2 unspecified atom stereocenters. The van der Waals surface area contributed by atoms with Crippen molar-refractivity contribution >= 4 is 35.0 Å². The number of hydrogen-bond donors (Lipinski definition) is 0. The summed E-state index contributed by atoms with van der Waals surface area (Å²) in [6.07, 6.45) is 2.91. The van der Waals surface area contributed by atoms with E-state index in [0.29, 0.717) is 30.7 Å². The number of carbonyl (C=O) groups is 1. The molecule has 0 N–H and O–H groups in total. The fourth-order valence-corrected chi connectivity index (χ4v) is 5.66. The number of nitrogens with zero attached hydrogens (tertiary/aromatic N) is 5. The van der Waals surface area contributed by atoms with Gasteiger partial charge in [-0.1, -0.05) is 25.6 Å². The lowest BCUT2D eigenvalue weighted by molar-refractivity contribution is -0.127. The summed E-state index contributed by atoms with van der Waals surface area (Å²) in [5.74, 6) is 3.33. The van der Waals surface area contributed by atoms with Crippen LogP contribution in [0.15, 0.2) is 44.8 Å². The van der Waals surface area contributed by atoms with Crippen LogP contribution in [0.1, 0.15) is 31.6 Å². The number of amides is 1. The Morgan fingerprint density at radius 3 is 2.77 bits per heavy atom. The number of thioether (sulfide) groups is 1. The fourth-order valence-electron chi connectivity index (χ4n) is 4.13. The smallest absolute Gasteiger partial charge is 0.233 e. The molecule has 1 amide bonds. The first-order valence-corrected chi connectivity index (χ1v) is 12.5. The van der Waals surface area contributed by atoms with E-state index in [1.807, 2.05) is 24.6 Å². The molecule has 9 heteroatoms. The van der Waals surface area contributed by atoms with Gasteiger partial charge in [-0.15, -0.1) is 10.2 Å². The SMILES string of the molecule is CC1CC(C)CN(c2nnc(SCC(=O)N(C)Cc3ccsc3)n2Cc2ccco2)C1. The van der Waals surface area contributed by atoms with Gasteiger partial charge >= 0.3 is 0 Å². The van der Waals surface area contributed by atoms with Crippen LogP contribution in [-0.4, -0.2) is 51.5 Å². The zero-order chi connectivity index (χ0) is 21.8. The molecular weight excluding hydrogens is 430 g/mol. The van der Waals surface area contributed by atoms with Gasteiger partial charge in [-0.3, -0.25) is 9.36 Å². The van der Waals surface area contributed by atoms with Crippen LogP contribution in [0.3, 0.4) is 0 Å². The minimum absolute atomic E-state index is 0.0746. The number of piperidine rings is 1. The Hall–Kier alpha value is -2.26. The second-order valence-corrected chi connectivity index (χ2v) is 10.2. The molecule has 4 heterocycles. The van der Waals surface area contributed by atoms with Crippen molar-refractivity contribution in [2.45, 2.75) is 38.5 Å². The molecule has 2 atom stereocenters. The summed E-state index contributed by atoms with van der Waals surface area (Å²) in [7, 11) is 1.84. The highest BCUT2D eigenvalue weighted by molar-refractivity contribution is 7.99. The minimum Gasteiger partial charge on any atom is -0.467 e. The Morgan fingerprint density at radius 2 is 2.10 bits per heavy atom. The van der Waals surface area contributed by atoms with Crippen LogP contribution in [0.5, 0.6) is 0 Å². The summed E-state index contributed by atoms with van der Waals surface area (Å²) in [6.45, 7) is 7.68. The van der Waals surface area contributed by atoms with Crippen molar-refractivity contribution < 1.29 is 9.21 Å². The Morgan fingerprint density at radius 1 is 1.29 bits per heavy atom. The third kappa shape index (κ3) is 5.51. The normalized spacial score (nSPS) is 19.0. The van der Waals surface area contributed by atoms with E-state index < -0.39 is 0 Å². The molecule has 0 bridgehead atoms. The number of carbonyl (C=O) groups excluding carboxylic acids is 1. The molecular formula is C22H29N5O2S2. The molecule has 0 aliphatic carbocycles. The predicted molar refractivity (Wildman–Crippen MR) is 125 cm³/mol. The van der Waals surface area contributed by atoms with Crippen LogP contribution in [0, 0.1) is 11.8 Å². The van der Waals surface area contributed by atoms with Crippen LogP contribution in [0.2, 0.25) is 0 Å². The maximum atomic E-state index is 12.7. The highest BCUT2D eigenvalue weighted by atomic mass is 32.2. The second-order valence-electron chi connectivity index (χ2n) is 8.47. The molecule has 1 saturated heterocycles. The van der Waals surface area contributed by atoms with Gasteiger partial charge in [0.2, 0.25) is 11.9 Å². The molecule has 0 radical (unpaired) electrons. The summed E-state index contributed by atoms with van der Waals surface area (Å²) < 4.78 is 7.67. The molecule has 31 heavy (non-hydrogen) atoms. The first-order valence-electron chi connectivity index (χ1n) is 10.6. The van der Waals surface area contributed by atoms with Crippen molar-refractivity contribution in [2.75, 3.05) is 30.8 Å². The molecule has 0 aromatic carbocycles. The Kier molecular flexibility index (Phi) is 7.02. The van der Waals surface area contributed by atoms with Gasteiger partial charge < -0.3 is 14.2 Å². The van der Waals surface area contributed by atoms with Gasteiger partial charge in [-0.2, -0.15) is 11.3 Å². The number of hydrogen-bond acceptors (Lipinski definition) is 7. The number of thiophene rings is 1. The number of rotatable bonds is 8. The molecule has 166 valence electrons. The van der Waals surface area contributed by atoms with Gasteiger partial charge in [0.25, 0.3) is 0 Å². The largest absolute Gasteiger partial charge is 0.467 e. The molecule has 1 fully saturated rings. The van der Waals surface area contributed by atoms with Crippen molar-refractivity contribution in [3.63, 3.8) is 0 Å².